The highest BCUT2D eigenvalue weighted by atomic mass is 32.1. The van der Waals surface area contributed by atoms with Gasteiger partial charge in [0, 0.05) is 12.0 Å². The van der Waals surface area contributed by atoms with Crippen LogP contribution in [0.4, 0.5) is 5.82 Å². The molecule has 0 amide bonds. The summed E-state index contributed by atoms with van der Waals surface area (Å²) in [6.07, 6.45) is 3.37. The summed E-state index contributed by atoms with van der Waals surface area (Å²) in [4.78, 5) is 11.5. The molecule has 1 aliphatic rings. The van der Waals surface area contributed by atoms with Crippen LogP contribution in [0, 0.1) is 5.92 Å². The van der Waals surface area contributed by atoms with Crippen molar-refractivity contribution >= 4 is 27.4 Å². The summed E-state index contributed by atoms with van der Waals surface area (Å²) in [5.74, 6) is 7.59. The number of fused-ring (bicyclic) bond motifs is 1. The van der Waals surface area contributed by atoms with Gasteiger partial charge in [-0.2, -0.15) is 0 Å². The van der Waals surface area contributed by atoms with Gasteiger partial charge in [0.05, 0.1) is 5.39 Å². The third-order valence-electron chi connectivity index (χ3n) is 3.50. The molecule has 1 saturated carbocycles. The number of hydrogen-bond acceptors (Lipinski definition) is 6. The Morgan fingerprint density at radius 2 is 2.32 bits per heavy atom. The van der Waals surface area contributed by atoms with E-state index in [1.807, 2.05) is 0 Å². The maximum Gasteiger partial charge on any atom is 0.161 e. The molecular formula is C13H18N4OS. The van der Waals surface area contributed by atoms with Crippen LogP contribution in [-0.4, -0.2) is 17.1 Å². The van der Waals surface area contributed by atoms with Crippen molar-refractivity contribution in [3.05, 3.63) is 16.8 Å². The van der Waals surface area contributed by atoms with Gasteiger partial charge in [-0.1, -0.05) is 6.92 Å². The summed E-state index contributed by atoms with van der Waals surface area (Å²) in [6, 6.07) is 2.11. The molecule has 0 aromatic carbocycles. The van der Waals surface area contributed by atoms with Gasteiger partial charge in [0.25, 0.3) is 0 Å². The maximum atomic E-state index is 5.59. The smallest absolute Gasteiger partial charge is 0.161 e. The van der Waals surface area contributed by atoms with E-state index in [1.54, 1.807) is 18.4 Å². The van der Waals surface area contributed by atoms with Gasteiger partial charge in [0.2, 0.25) is 0 Å². The Kier molecular flexibility index (Phi) is 3.38. The zero-order valence-electron chi connectivity index (χ0n) is 11.1. The highest BCUT2D eigenvalue weighted by Crippen LogP contribution is 2.43. The number of ether oxygens (including phenoxy) is 1. The molecule has 1 fully saturated rings. The molecule has 0 bridgehead atoms. The molecule has 1 atom stereocenters. The van der Waals surface area contributed by atoms with Crippen LogP contribution in [-0.2, 0) is 11.2 Å². The molecule has 0 spiro atoms. The Balaban J connectivity index is 2.09. The highest BCUT2D eigenvalue weighted by Gasteiger charge is 2.35. The second-order valence-corrected chi connectivity index (χ2v) is 5.97. The van der Waals surface area contributed by atoms with Crippen LogP contribution in [0.15, 0.2) is 6.07 Å². The molecule has 102 valence electrons. The van der Waals surface area contributed by atoms with Gasteiger partial charge in [-0.05, 0) is 31.2 Å². The van der Waals surface area contributed by atoms with E-state index < -0.39 is 0 Å². The van der Waals surface area contributed by atoms with Crippen LogP contribution in [0.25, 0.3) is 10.2 Å². The van der Waals surface area contributed by atoms with Crippen molar-refractivity contribution in [2.45, 2.75) is 32.3 Å². The first-order valence-electron chi connectivity index (χ1n) is 6.56. The fourth-order valence-corrected chi connectivity index (χ4v) is 3.28. The molecular weight excluding hydrogens is 260 g/mol. The quantitative estimate of drug-likeness (QED) is 0.649. The maximum absolute atomic E-state index is 5.59. The van der Waals surface area contributed by atoms with E-state index in [4.69, 9.17) is 10.6 Å². The molecule has 2 aromatic heterocycles. The van der Waals surface area contributed by atoms with Crippen molar-refractivity contribution < 1.29 is 4.74 Å². The summed E-state index contributed by atoms with van der Waals surface area (Å²) in [5, 5.41) is 0.999. The van der Waals surface area contributed by atoms with Gasteiger partial charge in [-0.15, -0.1) is 11.3 Å². The van der Waals surface area contributed by atoms with Crippen LogP contribution in [0.1, 0.15) is 36.6 Å². The Hall–Kier alpha value is -1.24. The molecule has 5 nitrogen and oxygen atoms in total. The van der Waals surface area contributed by atoms with Gasteiger partial charge in [-0.25, -0.2) is 15.8 Å². The normalized spacial score (nSPS) is 16.8. The largest absolute Gasteiger partial charge is 0.373 e. The molecule has 6 heteroatoms. The lowest BCUT2D eigenvalue weighted by atomic mass is 10.2. The number of methoxy groups -OCH3 is 1. The predicted molar refractivity (Wildman–Crippen MR) is 77.1 cm³/mol. The molecule has 3 rings (SSSR count). The summed E-state index contributed by atoms with van der Waals surface area (Å²) >= 11 is 1.70. The van der Waals surface area contributed by atoms with E-state index in [9.17, 15) is 0 Å². The topological polar surface area (TPSA) is 73.1 Å². The van der Waals surface area contributed by atoms with Crippen molar-refractivity contribution in [2.75, 3.05) is 12.5 Å². The molecule has 3 N–H and O–H groups in total. The minimum Gasteiger partial charge on any atom is -0.373 e. The number of aryl methyl sites for hydroxylation is 1. The first-order valence-corrected chi connectivity index (χ1v) is 7.38. The van der Waals surface area contributed by atoms with Crippen molar-refractivity contribution in [3.8, 4) is 0 Å². The Morgan fingerprint density at radius 3 is 2.89 bits per heavy atom. The number of nitrogen functional groups attached to an aromatic ring is 1. The zero-order valence-corrected chi connectivity index (χ0v) is 12.0. The van der Waals surface area contributed by atoms with Crippen LogP contribution in [0.3, 0.4) is 0 Å². The average Bonchev–Trinajstić information content (AvgIpc) is 3.17. The monoisotopic (exact) mass is 278 g/mol. The van der Waals surface area contributed by atoms with Crippen LogP contribution < -0.4 is 11.3 Å². The Morgan fingerprint density at radius 1 is 1.53 bits per heavy atom. The summed E-state index contributed by atoms with van der Waals surface area (Å²) < 4.78 is 5.55. The van der Waals surface area contributed by atoms with Crippen molar-refractivity contribution in [1.29, 1.82) is 0 Å². The van der Waals surface area contributed by atoms with Gasteiger partial charge < -0.3 is 10.2 Å². The third-order valence-corrected chi connectivity index (χ3v) is 4.68. The molecule has 0 saturated heterocycles. The standard InChI is InChI=1S/C13H18N4OS/c1-3-8-6-9-11(17-14)15-12(16-13(9)19-8)10(18-2)7-4-5-7/h6-7,10H,3-5,14H2,1-2H3,(H,15,16,17). The fraction of sp³-hybridized carbons (Fsp3) is 0.538. The number of thiophene rings is 1. The number of nitrogens with one attached hydrogen (secondary N) is 1. The molecule has 0 aliphatic heterocycles. The van der Waals surface area contributed by atoms with E-state index in [-0.39, 0.29) is 6.10 Å². The predicted octanol–water partition coefficient (Wildman–Crippen LogP) is 2.64. The van der Waals surface area contributed by atoms with Crippen LogP contribution >= 0.6 is 11.3 Å². The van der Waals surface area contributed by atoms with Crippen molar-refractivity contribution in [2.24, 2.45) is 11.8 Å². The third kappa shape index (κ3) is 2.31. The minimum absolute atomic E-state index is 0.0105. The van der Waals surface area contributed by atoms with Gasteiger partial charge in [0.15, 0.2) is 11.6 Å². The number of rotatable bonds is 5. The molecule has 2 heterocycles. The molecule has 2 aromatic rings. The second-order valence-electron chi connectivity index (χ2n) is 4.85. The fourth-order valence-electron chi connectivity index (χ4n) is 2.31. The second kappa shape index (κ2) is 5.03. The minimum atomic E-state index is -0.0105. The number of hydrogen-bond donors (Lipinski definition) is 2. The average molecular weight is 278 g/mol. The number of hydrazine groups is 1. The number of nitrogens with zero attached hydrogens (tertiary/aromatic N) is 2. The number of nitrogens with two attached hydrogens (primary N) is 1. The zero-order chi connectivity index (χ0) is 13.4. The van der Waals surface area contributed by atoms with E-state index in [0.717, 1.165) is 22.5 Å². The SMILES string of the molecule is CCc1cc2c(NN)nc(C(OC)C3CC3)nc2s1. The summed E-state index contributed by atoms with van der Waals surface area (Å²) in [7, 11) is 1.72. The Labute approximate surface area is 116 Å². The van der Waals surface area contributed by atoms with E-state index >= 15 is 0 Å². The first-order chi connectivity index (χ1) is 9.26. The lowest BCUT2D eigenvalue weighted by molar-refractivity contribution is 0.0776. The van der Waals surface area contributed by atoms with Crippen LogP contribution in [0.2, 0.25) is 0 Å². The number of anilines is 1. The van der Waals surface area contributed by atoms with Gasteiger partial charge in [0.1, 0.15) is 10.9 Å². The lowest BCUT2D eigenvalue weighted by Gasteiger charge is -2.14. The Bertz CT molecular complexity index is 594. The molecule has 1 aliphatic carbocycles. The van der Waals surface area contributed by atoms with E-state index in [2.05, 4.69) is 28.4 Å². The summed E-state index contributed by atoms with van der Waals surface area (Å²) in [5.41, 5.74) is 2.69. The van der Waals surface area contributed by atoms with Crippen molar-refractivity contribution in [1.82, 2.24) is 9.97 Å². The van der Waals surface area contributed by atoms with Crippen molar-refractivity contribution in [3.63, 3.8) is 0 Å². The highest BCUT2D eigenvalue weighted by molar-refractivity contribution is 7.18. The van der Waals surface area contributed by atoms with Gasteiger partial charge >= 0.3 is 0 Å². The molecule has 1 unspecified atom stereocenters. The number of aromatic nitrogens is 2. The van der Waals surface area contributed by atoms with Gasteiger partial charge in [-0.3, -0.25) is 0 Å². The first kappa shape index (κ1) is 12.8. The summed E-state index contributed by atoms with van der Waals surface area (Å²) in [6.45, 7) is 2.14. The lowest BCUT2D eigenvalue weighted by Crippen LogP contribution is -2.14. The van der Waals surface area contributed by atoms with E-state index in [1.165, 1.54) is 17.7 Å². The molecule has 0 radical (unpaired) electrons. The molecule has 19 heavy (non-hydrogen) atoms. The van der Waals surface area contributed by atoms with E-state index in [0.29, 0.717) is 11.7 Å². The van der Waals surface area contributed by atoms with Crippen LogP contribution in [0.5, 0.6) is 0 Å².